The second kappa shape index (κ2) is 8.36. The van der Waals surface area contributed by atoms with Gasteiger partial charge in [-0.2, -0.15) is 5.10 Å². The Kier molecular flexibility index (Phi) is 6.42. The molecular formula is C19H24ClN3O3. The largest absolute Gasteiger partial charge is 0.452 e. The van der Waals surface area contributed by atoms with Crippen LogP contribution < -0.4 is 5.32 Å². The highest BCUT2D eigenvalue weighted by Crippen LogP contribution is 2.22. The normalized spacial score (nSPS) is 10.9. The Morgan fingerprint density at radius 1 is 1.27 bits per heavy atom. The second-order valence-corrected chi connectivity index (χ2v) is 7.13. The molecule has 0 radical (unpaired) electrons. The summed E-state index contributed by atoms with van der Waals surface area (Å²) < 4.78 is 6.69. The van der Waals surface area contributed by atoms with Crippen LogP contribution in [0.15, 0.2) is 18.2 Å². The minimum Gasteiger partial charge on any atom is -0.452 e. The van der Waals surface area contributed by atoms with Gasteiger partial charge in [-0.3, -0.25) is 9.48 Å². The summed E-state index contributed by atoms with van der Waals surface area (Å²) in [5.41, 5.74) is 3.42. The molecule has 0 fully saturated rings. The van der Waals surface area contributed by atoms with Crippen molar-refractivity contribution < 1.29 is 14.3 Å². The first-order valence-electron chi connectivity index (χ1n) is 8.46. The molecule has 0 unspecified atom stereocenters. The molecule has 0 aliphatic heterocycles. The van der Waals surface area contributed by atoms with Crippen molar-refractivity contribution >= 4 is 29.2 Å². The molecule has 140 valence electrons. The maximum absolute atomic E-state index is 12.3. The first-order valence-corrected chi connectivity index (χ1v) is 8.84. The van der Waals surface area contributed by atoms with Crippen molar-refractivity contribution in [3.63, 3.8) is 0 Å². The highest BCUT2D eigenvalue weighted by Gasteiger charge is 2.22. The van der Waals surface area contributed by atoms with Crippen molar-refractivity contribution in [3.05, 3.63) is 45.7 Å². The van der Waals surface area contributed by atoms with E-state index < -0.39 is 18.5 Å². The third-order valence-electron chi connectivity index (χ3n) is 3.80. The van der Waals surface area contributed by atoms with E-state index in [9.17, 15) is 9.59 Å². The topological polar surface area (TPSA) is 73.2 Å². The minimum absolute atomic E-state index is 0.201. The SMILES string of the molecule is Cc1ccc(NC(=O)COC(=O)c2c(C)nn(CC(C)C)c2Cl)c(C)c1. The van der Waals surface area contributed by atoms with E-state index in [1.165, 1.54) is 0 Å². The van der Waals surface area contributed by atoms with Gasteiger partial charge in [-0.15, -0.1) is 0 Å². The van der Waals surface area contributed by atoms with E-state index in [0.29, 0.717) is 23.8 Å². The number of carbonyl (C=O) groups is 2. The lowest BCUT2D eigenvalue weighted by molar-refractivity contribution is -0.119. The van der Waals surface area contributed by atoms with E-state index in [2.05, 4.69) is 10.4 Å². The standard InChI is InChI=1S/C19H24ClN3O3/c1-11(2)9-23-18(20)17(14(5)22-23)19(25)26-10-16(24)21-15-7-6-12(3)8-13(15)4/h6-8,11H,9-10H2,1-5H3,(H,21,24). The number of anilines is 1. The highest BCUT2D eigenvalue weighted by molar-refractivity contribution is 6.32. The van der Waals surface area contributed by atoms with Crippen LogP contribution in [0.1, 0.15) is 41.0 Å². The van der Waals surface area contributed by atoms with Crippen LogP contribution in [-0.2, 0) is 16.1 Å². The predicted octanol–water partition coefficient (Wildman–Crippen LogP) is 3.91. The summed E-state index contributed by atoms with van der Waals surface area (Å²) in [5.74, 6) is -0.730. The Balaban J connectivity index is 2.00. The molecule has 0 bridgehead atoms. The van der Waals surface area contributed by atoms with Crippen molar-refractivity contribution in [2.75, 3.05) is 11.9 Å². The number of hydrogen-bond donors (Lipinski definition) is 1. The van der Waals surface area contributed by atoms with Crippen LogP contribution in [0.3, 0.4) is 0 Å². The third-order valence-corrected chi connectivity index (χ3v) is 4.18. The van der Waals surface area contributed by atoms with Crippen molar-refractivity contribution in [2.24, 2.45) is 5.92 Å². The summed E-state index contributed by atoms with van der Waals surface area (Å²) in [6, 6.07) is 5.69. The van der Waals surface area contributed by atoms with Crippen LogP contribution in [0.2, 0.25) is 5.15 Å². The Bertz CT molecular complexity index is 828. The van der Waals surface area contributed by atoms with Gasteiger partial charge >= 0.3 is 5.97 Å². The number of benzene rings is 1. The molecule has 0 aliphatic carbocycles. The van der Waals surface area contributed by atoms with Crippen LogP contribution in [0.4, 0.5) is 5.69 Å². The number of amides is 1. The predicted molar refractivity (Wildman–Crippen MR) is 102 cm³/mol. The Morgan fingerprint density at radius 3 is 2.58 bits per heavy atom. The van der Waals surface area contributed by atoms with E-state index in [-0.39, 0.29) is 10.7 Å². The van der Waals surface area contributed by atoms with Crippen LogP contribution in [0, 0.1) is 26.7 Å². The van der Waals surface area contributed by atoms with Gasteiger partial charge in [0.05, 0.1) is 5.69 Å². The molecule has 1 N–H and O–H groups in total. The lowest BCUT2D eigenvalue weighted by Crippen LogP contribution is -2.21. The van der Waals surface area contributed by atoms with Gasteiger partial charge in [-0.05, 0) is 38.3 Å². The number of aromatic nitrogens is 2. The van der Waals surface area contributed by atoms with E-state index in [4.69, 9.17) is 16.3 Å². The molecule has 6 nitrogen and oxygen atoms in total. The lowest BCUT2D eigenvalue weighted by Gasteiger charge is -2.10. The minimum atomic E-state index is -0.654. The Hall–Kier alpha value is -2.34. The molecule has 1 aromatic heterocycles. The van der Waals surface area contributed by atoms with E-state index in [0.717, 1.165) is 11.1 Å². The number of esters is 1. The summed E-state index contributed by atoms with van der Waals surface area (Å²) >= 11 is 6.25. The number of halogens is 1. The third kappa shape index (κ3) is 4.85. The molecule has 2 rings (SSSR count). The number of nitrogens with zero attached hydrogens (tertiary/aromatic N) is 2. The Labute approximate surface area is 158 Å². The second-order valence-electron chi connectivity index (χ2n) is 6.77. The molecule has 1 aromatic carbocycles. The number of carbonyl (C=O) groups excluding carboxylic acids is 2. The molecular weight excluding hydrogens is 354 g/mol. The molecule has 7 heteroatoms. The first-order chi connectivity index (χ1) is 12.2. The van der Waals surface area contributed by atoms with Crippen molar-refractivity contribution in [1.29, 1.82) is 0 Å². The summed E-state index contributed by atoms with van der Waals surface area (Å²) in [4.78, 5) is 24.4. The summed E-state index contributed by atoms with van der Waals surface area (Å²) in [6.45, 7) is 9.84. The van der Waals surface area contributed by atoms with Gasteiger partial charge in [0.25, 0.3) is 5.91 Å². The molecule has 0 saturated carbocycles. The summed E-state index contributed by atoms with van der Waals surface area (Å²) in [6.07, 6.45) is 0. The molecule has 0 atom stereocenters. The molecule has 0 spiro atoms. The molecule has 1 heterocycles. The quantitative estimate of drug-likeness (QED) is 0.774. The number of hydrogen-bond acceptors (Lipinski definition) is 4. The smallest absolute Gasteiger partial charge is 0.343 e. The fourth-order valence-corrected chi connectivity index (χ4v) is 2.92. The number of aryl methyl sites for hydroxylation is 3. The number of ether oxygens (including phenoxy) is 1. The van der Waals surface area contributed by atoms with Gasteiger partial charge < -0.3 is 10.1 Å². The van der Waals surface area contributed by atoms with Crippen molar-refractivity contribution in [3.8, 4) is 0 Å². The van der Waals surface area contributed by atoms with E-state index in [1.807, 2.05) is 45.9 Å². The van der Waals surface area contributed by atoms with E-state index >= 15 is 0 Å². The monoisotopic (exact) mass is 377 g/mol. The molecule has 0 saturated heterocycles. The zero-order chi connectivity index (χ0) is 19.4. The van der Waals surface area contributed by atoms with Crippen LogP contribution >= 0.6 is 11.6 Å². The van der Waals surface area contributed by atoms with Crippen molar-refractivity contribution in [1.82, 2.24) is 9.78 Å². The first kappa shape index (κ1) is 20.0. The maximum atomic E-state index is 12.3. The molecule has 1 amide bonds. The van der Waals surface area contributed by atoms with Gasteiger partial charge in [0.2, 0.25) is 0 Å². The number of rotatable bonds is 6. The van der Waals surface area contributed by atoms with E-state index in [1.54, 1.807) is 11.6 Å². The fraction of sp³-hybridized carbons (Fsp3) is 0.421. The lowest BCUT2D eigenvalue weighted by atomic mass is 10.1. The van der Waals surface area contributed by atoms with Gasteiger partial charge in [-0.1, -0.05) is 43.1 Å². The Morgan fingerprint density at radius 2 is 1.96 bits per heavy atom. The van der Waals surface area contributed by atoms with Gasteiger partial charge in [-0.25, -0.2) is 4.79 Å². The molecule has 26 heavy (non-hydrogen) atoms. The highest BCUT2D eigenvalue weighted by atomic mass is 35.5. The van der Waals surface area contributed by atoms with Gasteiger partial charge in [0.1, 0.15) is 10.7 Å². The maximum Gasteiger partial charge on any atom is 0.343 e. The summed E-state index contributed by atoms with van der Waals surface area (Å²) in [7, 11) is 0. The van der Waals surface area contributed by atoms with Crippen LogP contribution in [0.25, 0.3) is 0 Å². The average Bonchev–Trinajstić information content (AvgIpc) is 2.81. The molecule has 2 aromatic rings. The average molecular weight is 378 g/mol. The molecule has 0 aliphatic rings. The van der Waals surface area contributed by atoms with Gasteiger partial charge in [0.15, 0.2) is 6.61 Å². The van der Waals surface area contributed by atoms with Crippen LogP contribution in [0.5, 0.6) is 0 Å². The number of nitrogens with one attached hydrogen (secondary N) is 1. The zero-order valence-corrected chi connectivity index (χ0v) is 16.5. The fourth-order valence-electron chi connectivity index (χ4n) is 2.60. The summed E-state index contributed by atoms with van der Waals surface area (Å²) in [5, 5.41) is 7.24. The van der Waals surface area contributed by atoms with Crippen LogP contribution in [-0.4, -0.2) is 28.3 Å². The van der Waals surface area contributed by atoms with Crippen molar-refractivity contribution in [2.45, 2.75) is 41.2 Å². The van der Waals surface area contributed by atoms with Gasteiger partial charge in [0, 0.05) is 12.2 Å². The zero-order valence-electron chi connectivity index (χ0n) is 15.7.